The Labute approximate surface area is 119 Å². The predicted molar refractivity (Wildman–Crippen MR) is 83.8 cm³/mol. The third kappa shape index (κ3) is 6.47. The summed E-state index contributed by atoms with van der Waals surface area (Å²) in [6, 6.07) is 0. The van der Waals surface area contributed by atoms with Crippen LogP contribution >= 0.6 is 0 Å². The molecule has 0 spiro atoms. The van der Waals surface area contributed by atoms with Gasteiger partial charge in [0.05, 0.1) is 0 Å². The van der Waals surface area contributed by atoms with E-state index in [9.17, 15) is 5.21 Å². The van der Waals surface area contributed by atoms with Crippen molar-refractivity contribution >= 4 is 0 Å². The van der Waals surface area contributed by atoms with Crippen molar-refractivity contribution in [3.63, 3.8) is 0 Å². The molecule has 0 radical (unpaired) electrons. The van der Waals surface area contributed by atoms with Crippen LogP contribution in [0.5, 0.6) is 0 Å². The highest BCUT2D eigenvalue weighted by Gasteiger charge is 2.25. The first-order chi connectivity index (χ1) is 9.19. The highest BCUT2D eigenvalue weighted by molar-refractivity contribution is 5.06. The summed E-state index contributed by atoms with van der Waals surface area (Å²) in [5.74, 6) is 0. The van der Waals surface area contributed by atoms with Crippen LogP contribution in [0.25, 0.3) is 0 Å². The third-order valence-electron chi connectivity index (χ3n) is 4.40. The normalized spacial score (nSPS) is 22.4. The topological polar surface area (TPSA) is 26.3 Å². The molecule has 1 aliphatic rings. The summed E-state index contributed by atoms with van der Waals surface area (Å²) in [4.78, 5) is 0. The summed E-state index contributed by atoms with van der Waals surface area (Å²) >= 11 is 0. The maximum atomic E-state index is 11.6. The first-order valence-electron chi connectivity index (χ1n) is 8.32. The Morgan fingerprint density at radius 2 is 1.47 bits per heavy atom. The van der Waals surface area contributed by atoms with E-state index >= 15 is 0 Å². The van der Waals surface area contributed by atoms with Gasteiger partial charge in [-0.2, -0.15) is 0 Å². The van der Waals surface area contributed by atoms with E-state index in [0.717, 1.165) is 17.9 Å². The monoisotopic (exact) mass is 266 g/mol. The Kier molecular flexibility index (Phi) is 8.20. The van der Waals surface area contributed by atoms with Crippen molar-refractivity contribution < 1.29 is 0 Å². The van der Waals surface area contributed by atoms with Crippen LogP contribution in [0.4, 0.5) is 0 Å². The van der Waals surface area contributed by atoms with Crippen LogP contribution in [0, 0.1) is 5.21 Å². The van der Waals surface area contributed by atoms with E-state index in [0.29, 0.717) is 0 Å². The van der Waals surface area contributed by atoms with E-state index < -0.39 is 0 Å². The summed E-state index contributed by atoms with van der Waals surface area (Å²) in [7, 11) is 0. The van der Waals surface area contributed by atoms with Crippen molar-refractivity contribution in [3.05, 3.63) is 17.5 Å². The molecule has 1 heterocycles. The van der Waals surface area contributed by atoms with E-state index in [2.05, 4.69) is 13.8 Å². The quantitative estimate of drug-likeness (QED) is 0.443. The van der Waals surface area contributed by atoms with Gasteiger partial charge in [-0.15, -0.1) is 0 Å². The minimum atomic E-state index is -0.139. The van der Waals surface area contributed by atoms with Gasteiger partial charge in [-0.25, -0.2) is 0 Å². The zero-order valence-corrected chi connectivity index (χ0v) is 13.0. The van der Waals surface area contributed by atoms with Crippen molar-refractivity contribution in [2.75, 3.05) is 0 Å². The average molecular weight is 266 g/mol. The van der Waals surface area contributed by atoms with E-state index in [1.54, 1.807) is 6.20 Å². The molecule has 1 atom stereocenters. The van der Waals surface area contributed by atoms with Gasteiger partial charge in [0, 0.05) is 5.54 Å². The second kappa shape index (κ2) is 9.41. The minimum Gasteiger partial charge on any atom is -0.758 e. The molecule has 0 aromatic heterocycles. The zero-order chi connectivity index (χ0) is 14.0. The lowest BCUT2D eigenvalue weighted by molar-refractivity contribution is 0.229. The molecule has 2 heteroatoms. The van der Waals surface area contributed by atoms with Gasteiger partial charge in [-0.1, -0.05) is 77.2 Å². The van der Waals surface area contributed by atoms with E-state index in [4.69, 9.17) is 0 Å². The van der Waals surface area contributed by atoms with Gasteiger partial charge < -0.3 is 10.3 Å². The fourth-order valence-corrected chi connectivity index (χ4v) is 2.88. The van der Waals surface area contributed by atoms with Crippen LogP contribution in [0.1, 0.15) is 90.9 Å². The smallest absolute Gasteiger partial charge is 0.0291 e. The summed E-state index contributed by atoms with van der Waals surface area (Å²) in [5.41, 5.74) is -0.139. The Morgan fingerprint density at radius 1 is 0.947 bits per heavy atom. The Bertz CT molecular complexity index is 252. The highest BCUT2D eigenvalue weighted by Crippen LogP contribution is 2.31. The molecule has 0 aromatic rings. The van der Waals surface area contributed by atoms with Crippen LogP contribution in [0.3, 0.4) is 0 Å². The van der Waals surface area contributed by atoms with Crippen LogP contribution in [0.2, 0.25) is 0 Å². The van der Waals surface area contributed by atoms with Crippen LogP contribution in [-0.2, 0) is 0 Å². The molecule has 1 unspecified atom stereocenters. The van der Waals surface area contributed by atoms with Gasteiger partial charge in [0.2, 0.25) is 0 Å². The molecular formula is C17H32NO-. The fraction of sp³-hybridized carbons (Fsp3) is 0.882. The van der Waals surface area contributed by atoms with Crippen molar-refractivity contribution in [1.82, 2.24) is 5.06 Å². The van der Waals surface area contributed by atoms with Gasteiger partial charge in [0.25, 0.3) is 0 Å². The van der Waals surface area contributed by atoms with Gasteiger partial charge >= 0.3 is 0 Å². The minimum absolute atomic E-state index is 0.139. The second-order valence-electron chi connectivity index (χ2n) is 6.34. The van der Waals surface area contributed by atoms with Crippen LogP contribution in [0.15, 0.2) is 12.3 Å². The Balaban J connectivity index is 1.86. The van der Waals surface area contributed by atoms with Crippen molar-refractivity contribution in [3.8, 4) is 0 Å². The van der Waals surface area contributed by atoms with Crippen LogP contribution < -0.4 is 0 Å². The van der Waals surface area contributed by atoms with Gasteiger partial charge in [-0.05, 0) is 26.0 Å². The standard InChI is InChI=1S/C17H32NO/c1-3-4-5-6-7-8-9-10-11-12-14-17(2)15-13-16-18(17)19/h13,16H,3-12,14-15H2,1-2H3/q-1. The predicted octanol–water partition coefficient (Wildman–Crippen LogP) is 5.77. The van der Waals surface area contributed by atoms with Gasteiger partial charge in [0.1, 0.15) is 0 Å². The molecule has 0 aliphatic carbocycles. The molecule has 0 aromatic carbocycles. The molecule has 0 bridgehead atoms. The Hall–Kier alpha value is -0.500. The fourth-order valence-electron chi connectivity index (χ4n) is 2.88. The molecule has 112 valence electrons. The molecular weight excluding hydrogens is 234 g/mol. The Morgan fingerprint density at radius 3 is 1.95 bits per heavy atom. The number of hydroxylamine groups is 2. The highest BCUT2D eigenvalue weighted by atomic mass is 16.5. The zero-order valence-electron chi connectivity index (χ0n) is 13.0. The molecule has 2 nitrogen and oxygen atoms in total. The molecule has 19 heavy (non-hydrogen) atoms. The lowest BCUT2D eigenvalue weighted by atomic mass is 9.92. The van der Waals surface area contributed by atoms with Gasteiger partial charge in [-0.3, -0.25) is 0 Å². The SMILES string of the molecule is CCCCCCCCCCCCC1(C)CC=CN1[O-]. The van der Waals surface area contributed by atoms with E-state index in [-0.39, 0.29) is 5.54 Å². The number of nitrogens with zero attached hydrogens (tertiary/aromatic N) is 1. The second-order valence-corrected chi connectivity index (χ2v) is 6.34. The third-order valence-corrected chi connectivity index (χ3v) is 4.40. The average Bonchev–Trinajstić information content (AvgIpc) is 2.72. The summed E-state index contributed by atoms with van der Waals surface area (Å²) in [6.07, 6.45) is 19.3. The van der Waals surface area contributed by atoms with Crippen molar-refractivity contribution in [2.45, 2.75) is 96.4 Å². The summed E-state index contributed by atoms with van der Waals surface area (Å²) in [5, 5.41) is 12.8. The number of rotatable bonds is 11. The molecule has 0 saturated carbocycles. The van der Waals surface area contributed by atoms with Crippen molar-refractivity contribution in [2.24, 2.45) is 0 Å². The number of hydrogen-bond donors (Lipinski definition) is 0. The lowest BCUT2D eigenvalue weighted by Gasteiger charge is -2.41. The number of unbranched alkanes of at least 4 members (excludes halogenated alkanes) is 9. The maximum absolute atomic E-state index is 11.6. The van der Waals surface area contributed by atoms with Crippen molar-refractivity contribution in [1.29, 1.82) is 0 Å². The van der Waals surface area contributed by atoms with Crippen LogP contribution in [-0.4, -0.2) is 10.6 Å². The molecule has 0 N–H and O–H groups in total. The van der Waals surface area contributed by atoms with Gasteiger partial charge in [0.15, 0.2) is 0 Å². The summed E-state index contributed by atoms with van der Waals surface area (Å²) in [6.45, 7) is 4.36. The first-order valence-corrected chi connectivity index (χ1v) is 8.32. The maximum Gasteiger partial charge on any atom is 0.0291 e. The molecule has 1 aliphatic heterocycles. The molecule has 0 amide bonds. The lowest BCUT2D eigenvalue weighted by Crippen LogP contribution is -2.35. The number of hydrogen-bond acceptors (Lipinski definition) is 2. The van der Waals surface area contributed by atoms with E-state index in [1.165, 1.54) is 64.2 Å². The molecule has 0 saturated heterocycles. The molecule has 1 rings (SSSR count). The first kappa shape index (κ1) is 16.6. The largest absolute Gasteiger partial charge is 0.758 e. The molecule has 0 fully saturated rings. The van der Waals surface area contributed by atoms with E-state index in [1.807, 2.05) is 6.08 Å². The summed E-state index contributed by atoms with van der Waals surface area (Å²) < 4.78 is 0.